The van der Waals surface area contributed by atoms with E-state index in [0.29, 0.717) is 11.3 Å². The Morgan fingerprint density at radius 2 is 1.93 bits per heavy atom. The Kier molecular flexibility index (Phi) is 4.79. The Balaban J connectivity index is 1.42. The molecule has 1 aromatic heterocycles. The summed E-state index contributed by atoms with van der Waals surface area (Å²) in [6.45, 7) is 0.237. The molecule has 29 heavy (non-hydrogen) atoms. The second kappa shape index (κ2) is 7.29. The van der Waals surface area contributed by atoms with E-state index in [-0.39, 0.29) is 25.9 Å². The van der Waals surface area contributed by atoms with Crippen molar-refractivity contribution in [3.05, 3.63) is 65.9 Å². The van der Waals surface area contributed by atoms with Gasteiger partial charge < -0.3 is 20.3 Å². The van der Waals surface area contributed by atoms with Crippen molar-refractivity contribution in [1.82, 2.24) is 10.3 Å². The zero-order valence-electron chi connectivity index (χ0n) is 15.4. The Morgan fingerprint density at radius 1 is 1.17 bits per heavy atom. The summed E-state index contributed by atoms with van der Waals surface area (Å²) in [7, 11) is 0. The van der Waals surface area contributed by atoms with Crippen molar-refractivity contribution >= 4 is 28.4 Å². The fraction of sp³-hybridized carbons (Fsp3) is 0.238. The van der Waals surface area contributed by atoms with Crippen molar-refractivity contribution in [2.24, 2.45) is 0 Å². The molecule has 1 aliphatic heterocycles. The van der Waals surface area contributed by atoms with Gasteiger partial charge in [-0.3, -0.25) is 9.59 Å². The summed E-state index contributed by atoms with van der Waals surface area (Å²) in [5.41, 5.74) is -0.280. The Morgan fingerprint density at radius 3 is 2.69 bits per heavy atom. The van der Waals surface area contributed by atoms with Crippen LogP contribution in [0.3, 0.4) is 0 Å². The van der Waals surface area contributed by atoms with Gasteiger partial charge in [-0.05, 0) is 48.4 Å². The summed E-state index contributed by atoms with van der Waals surface area (Å²) < 4.78 is 26.5. The van der Waals surface area contributed by atoms with Gasteiger partial charge in [0, 0.05) is 48.4 Å². The number of hydrogen-bond donors (Lipinski definition) is 3. The summed E-state index contributed by atoms with van der Waals surface area (Å²) in [6, 6.07) is 10.4. The molecule has 8 heteroatoms. The molecule has 3 N–H and O–H groups in total. The first-order chi connectivity index (χ1) is 13.9. The van der Waals surface area contributed by atoms with Crippen LogP contribution in [0.15, 0.2) is 48.7 Å². The van der Waals surface area contributed by atoms with Crippen LogP contribution in [-0.4, -0.2) is 40.6 Å². The van der Waals surface area contributed by atoms with E-state index >= 15 is 0 Å². The molecule has 2 aromatic carbocycles. The van der Waals surface area contributed by atoms with E-state index in [1.54, 1.807) is 12.3 Å². The predicted octanol–water partition coefficient (Wildman–Crippen LogP) is 2.27. The first kappa shape index (κ1) is 19.1. The van der Waals surface area contributed by atoms with Crippen LogP contribution in [0.25, 0.3) is 10.9 Å². The second-order valence-corrected chi connectivity index (χ2v) is 7.10. The normalized spacial score (nSPS) is 19.1. The Hall–Kier alpha value is -3.26. The van der Waals surface area contributed by atoms with Gasteiger partial charge in [0.1, 0.15) is 11.6 Å². The number of aliphatic hydroxyl groups is 1. The molecule has 6 nitrogen and oxygen atoms in total. The van der Waals surface area contributed by atoms with E-state index in [1.807, 2.05) is 18.2 Å². The standard InChI is InChI=1S/C21H19F2N3O3/c22-15-9-13(10-16(23)12-15)3-6-25-19(27)21(29)5-8-26(20(21)28)17-1-2-18-14(11-17)4-7-24-18/h1-2,4,7,9-12,24,29H,3,5-6,8H2,(H,25,27)/t21-/m1/s1. The van der Waals surface area contributed by atoms with Gasteiger partial charge in [-0.1, -0.05) is 0 Å². The zero-order chi connectivity index (χ0) is 20.6. The lowest BCUT2D eigenvalue weighted by molar-refractivity contribution is -0.149. The van der Waals surface area contributed by atoms with Crippen LogP contribution in [-0.2, 0) is 16.0 Å². The SMILES string of the molecule is O=C(NCCc1cc(F)cc(F)c1)[C@]1(O)CCN(c2ccc3[nH]ccc3c2)C1=O. The molecule has 0 saturated carbocycles. The van der Waals surface area contributed by atoms with Crippen molar-refractivity contribution in [3.63, 3.8) is 0 Å². The molecule has 2 heterocycles. The minimum absolute atomic E-state index is 0.0344. The molecule has 150 valence electrons. The van der Waals surface area contributed by atoms with Crippen LogP contribution in [0.4, 0.5) is 14.5 Å². The van der Waals surface area contributed by atoms with E-state index in [1.165, 1.54) is 17.0 Å². The number of anilines is 1. The largest absolute Gasteiger partial charge is 0.372 e. The number of halogens is 2. The molecule has 0 radical (unpaired) electrons. The van der Waals surface area contributed by atoms with E-state index in [9.17, 15) is 23.5 Å². The van der Waals surface area contributed by atoms with Crippen LogP contribution >= 0.6 is 0 Å². The van der Waals surface area contributed by atoms with Crippen molar-refractivity contribution in [2.45, 2.75) is 18.4 Å². The molecule has 3 aromatic rings. The molecular weight excluding hydrogens is 380 g/mol. The highest BCUT2D eigenvalue weighted by molar-refractivity contribution is 6.16. The number of nitrogens with zero attached hydrogens (tertiary/aromatic N) is 1. The molecular formula is C21H19F2N3O3. The predicted molar refractivity (Wildman–Crippen MR) is 103 cm³/mol. The van der Waals surface area contributed by atoms with E-state index in [4.69, 9.17) is 0 Å². The molecule has 4 rings (SSSR count). The maximum Gasteiger partial charge on any atom is 0.268 e. The highest BCUT2D eigenvalue weighted by atomic mass is 19.1. The number of aromatic nitrogens is 1. The molecule has 0 bridgehead atoms. The fourth-order valence-corrected chi connectivity index (χ4v) is 3.59. The highest BCUT2D eigenvalue weighted by Gasteiger charge is 2.51. The van der Waals surface area contributed by atoms with Gasteiger partial charge in [0.25, 0.3) is 11.8 Å². The molecule has 1 atom stereocenters. The van der Waals surface area contributed by atoms with E-state index in [2.05, 4.69) is 10.3 Å². The third-order valence-corrected chi connectivity index (χ3v) is 5.14. The number of fused-ring (bicyclic) bond motifs is 1. The quantitative estimate of drug-likeness (QED) is 0.576. The third kappa shape index (κ3) is 3.58. The van der Waals surface area contributed by atoms with E-state index < -0.39 is 29.0 Å². The molecule has 1 saturated heterocycles. The average Bonchev–Trinajstić information content (AvgIpc) is 3.26. The summed E-state index contributed by atoms with van der Waals surface area (Å²) in [6.07, 6.45) is 1.91. The van der Waals surface area contributed by atoms with Crippen molar-refractivity contribution in [2.75, 3.05) is 18.0 Å². The topological polar surface area (TPSA) is 85.4 Å². The monoisotopic (exact) mass is 399 g/mol. The van der Waals surface area contributed by atoms with Gasteiger partial charge in [-0.25, -0.2) is 8.78 Å². The molecule has 0 unspecified atom stereocenters. The van der Waals surface area contributed by atoms with Crippen LogP contribution < -0.4 is 10.2 Å². The molecule has 1 aliphatic rings. The Labute approximate surface area is 165 Å². The lowest BCUT2D eigenvalue weighted by Gasteiger charge is -2.22. The second-order valence-electron chi connectivity index (χ2n) is 7.10. The summed E-state index contributed by atoms with van der Waals surface area (Å²) >= 11 is 0. The van der Waals surface area contributed by atoms with Gasteiger partial charge in [-0.2, -0.15) is 0 Å². The van der Waals surface area contributed by atoms with Gasteiger partial charge in [0.2, 0.25) is 5.60 Å². The smallest absolute Gasteiger partial charge is 0.268 e. The lowest BCUT2D eigenvalue weighted by Crippen LogP contribution is -2.52. The van der Waals surface area contributed by atoms with Crippen molar-refractivity contribution < 1.29 is 23.5 Å². The van der Waals surface area contributed by atoms with Gasteiger partial charge in [-0.15, -0.1) is 0 Å². The maximum atomic E-state index is 13.2. The molecule has 0 spiro atoms. The number of aromatic amines is 1. The first-order valence-electron chi connectivity index (χ1n) is 9.21. The van der Waals surface area contributed by atoms with Crippen LogP contribution in [0.1, 0.15) is 12.0 Å². The maximum absolute atomic E-state index is 13.2. The van der Waals surface area contributed by atoms with Crippen molar-refractivity contribution in [1.29, 1.82) is 0 Å². The summed E-state index contributed by atoms with van der Waals surface area (Å²) in [4.78, 5) is 29.7. The van der Waals surface area contributed by atoms with Crippen LogP contribution in [0.2, 0.25) is 0 Å². The molecule has 1 fully saturated rings. The summed E-state index contributed by atoms with van der Waals surface area (Å²) in [5, 5.41) is 14.1. The fourth-order valence-electron chi connectivity index (χ4n) is 3.59. The molecule has 2 amide bonds. The van der Waals surface area contributed by atoms with Crippen LogP contribution in [0.5, 0.6) is 0 Å². The highest BCUT2D eigenvalue weighted by Crippen LogP contribution is 2.30. The lowest BCUT2D eigenvalue weighted by atomic mass is 10.0. The zero-order valence-corrected chi connectivity index (χ0v) is 15.4. The number of amides is 2. The first-order valence-corrected chi connectivity index (χ1v) is 9.21. The number of rotatable bonds is 5. The van der Waals surface area contributed by atoms with E-state index in [0.717, 1.165) is 17.0 Å². The van der Waals surface area contributed by atoms with Gasteiger partial charge >= 0.3 is 0 Å². The number of carbonyl (C=O) groups excluding carboxylic acids is 2. The van der Waals surface area contributed by atoms with Gasteiger partial charge in [0.15, 0.2) is 0 Å². The minimum Gasteiger partial charge on any atom is -0.372 e. The Bertz CT molecular complexity index is 1080. The van der Waals surface area contributed by atoms with Gasteiger partial charge in [0.05, 0.1) is 0 Å². The minimum atomic E-state index is -2.17. The number of benzene rings is 2. The number of carbonyl (C=O) groups is 2. The summed E-state index contributed by atoms with van der Waals surface area (Å²) in [5.74, 6) is -2.91. The van der Waals surface area contributed by atoms with Crippen LogP contribution in [0, 0.1) is 11.6 Å². The number of H-pyrrole nitrogens is 1. The number of hydrogen-bond acceptors (Lipinski definition) is 3. The molecule has 0 aliphatic carbocycles. The number of nitrogens with one attached hydrogen (secondary N) is 2. The third-order valence-electron chi connectivity index (χ3n) is 5.14. The van der Waals surface area contributed by atoms with Crippen molar-refractivity contribution in [3.8, 4) is 0 Å². The average molecular weight is 399 g/mol.